The van der Waals surface area contributed by atoms with Gasteiger partial charge in [-0.2, -0.15) is 23.3 Å². The van der Waals surface area contributed by atoms with E-state index in [0.29, 0.717) is 0 Å². The number of rotatable bonds is 3. The van der Waals surface area contributed by atoms with Crippen molar-refractivity contribution in [3.05, 3.63) is 29.3 Å². The van der Waals surface area contributed by atoms with E-state index in [1.54, 1.807) is 0 Å². The molecule has 0 unspecified atom stereocenters. The minimum Gasteiger partial charge on any atom is -0.210 e. The van der Waals surface area contributed by atoms with E-state index in [1.165, 1.54) is 30.4 Å². The van der Waals surface area contributed by atoms with E-state index in [9.17, 15) is 0 Å². The summed E-state index contributed by atoms with van der Waals surface area (Å²) in [5.41, 5.74) is 2.89. The van der Waals surface area contributed by atoms with Crippen LogP contribution in [0.1, 0.15) is 30.9 Å². The molecule has 0 amide bonds. The Labute approximate surface area is 81.3 Å². The Hall–Kier alpha value is -0.0656. The SMILES string of the molecule is CCCCc1cc[c-](C)c1.[V]. The Kier molecular flexibility index (Phi) is 5.53. The molecule has 0 aromatic heterocycles. The Balaban J connectivity index is 0.000001000. The van der Waals surface area contributed by atoms with Gasteiger partial charge < -0.3 is 0 Å². The molecule has 1 radical (unpaired) electrons. The molecule has 0 nitrogen and oxygen atoms in total. The van der Waals surface area contributed by atoms with Crippen molar-refractivity contribution in [1.29, 1.82) is 0 Å². The molecule has 0 spiro atoms. The summed E-state index contributed by atoms with van der Waals surface area (Å²) in [6.45, 7) is 4.38. The molecule has 11 heavy (non-hydrogen) atoms. The molecule has 0 fully saturated rings. The summed E-state index contributed by atoms with van der Waals surface area (Å²) < 4.78 is 0. The van der Waals surface area contributed by atoms with Crippen LogP contribution in [0.2, 0.25) is 0 Å². The molecule has 61 valence electrons. The summed E-state index contributed by atoms with van der Waals surface area (Å²) in [6.07, 6.45) is 3.87. The first-order valence-electron chi connectivity index (χ1n) is 4.05. The van der Waals surface area contributed by atoms with E-state index in [1.807, 2.05) is 0 Å². The predicted octanol–water partition coefficient (Wildman–Crippen LogP) is 3.05. The summed E-state index contributed by atoms with van der Waals surface area (Å²) >= 11 is 0. The van der Waals surface area contributed by atoms with E-state index in [0.717, 1.165) is 0 Å². The largest absolute Gasteiger partial charge is 0.210 e. The molecule has 1 aromatic carbocycles. The molecule has 0 bridgehead atoms. The molecule has 0 aliphatic carbocycles. The van der Waals surface area contributed by atoms with Gasteiger partial charge in [-0.15, -0.1) is 0 Å². The number of hydrogen-bond donors (Lipinski definition) is 0. The summed E-state index contributed by atoms with van der Waals surface area (Å²) in [6, 6.07) is 6.69. The number of hydrogen-bond acceptors (Lipinski definition) is 0. The minimum absolute atomic E-state index is 0. The Morgan fingerprint density at radius 3 is 2.64 bits per heavy atom. The van der Waals surface area contributed by atoms with Gasteiger partial charge in [-0.3, -0.25) is 0 Å². The van der Waals surface area contributed by atoms with Gasteiger partial charge in [0, 0.05) is 18.6 Å². The molecular formula is C10H15V-. The topological polar surface area (TPSA) is 0 Å². The van der Waals surface area contributed by atoms with E-state index in [-0.39, 0.29) is 18.6 Å². The minimum atomic E-state index is 0. The quantitative estimate of drug-likeness (QED) is 0.636. The van der Waals surface area contributed by atoms with Crippen LogP contribution in [0.4, 0.5) is 0 Å². The van der Waals surface area contributed by atoms with Crippen LogP contribution in [-0.2, 0) is 25.0 Å². The van der Waals surface area contributed by atoms with E-state index in [4.69, 9.17) is 0 Å². The fraction of sp³-hybridized carbons (Fsp3) is 0.500. The normalized spacial score (nSPS) is 9.27. The molecule has 0 aliphatic rings. The Bertz CT molecular complexity index is 189. The zero-order valence-corrected chi connectivity index (χ0v) is 8.70. The standard InChI is InChI=1S/C10H15.V/c1-3-4-5-10-7-6-9(2)8-10;/h6-8H,3-5H2,1-2H3;/q-1;. The van der Waals surface area contributed by atoms with E-state index in [2.05, 4.69) is 32.0 Å². The first kappa shape index (κ1) is 10.9. The maximum absolute atomic E-state index is 2.27. The third kappa shape index (κ3) is 3.74. The van der Waals surface area contributed by atoms with Gasteiger partial charge >= 0.3 is 0 Å². The molecule has 0 heterocycles. The first-order valence-corrected chi connectivity index (χ1v) is 4.05. The van der Waals surface area contributed by atoms with E-state index < -0.39 is 0 Å². The fourth-order valence-corrected chi connectivity index (χ4v) is 1.16. The van der Waals surface area contributed by atoms with Crippen molar-refractivity contribution >= 4 is 0 Å². The third-order valence-corrected chi connectivity index (χ3v) is 1.79. The van der Waals surface area contributed by atoms with Gasteiger partial charge in [0.2, 0.25) is 0 Å². The molecule has 0 saturated heterocycles. The smallest absolute Gasteiger partial charge is 0 e. The molecule has 1 aromatic rings. The summed E-state index contributed by atoms with van der Waals surface area (Å²) in [7, 11) is 0. The van der Waals surface area contributed by atoms with Crippen LogP contribution in [0, 0.1) is 6.92 Å². The van der Waals surface area contributed by atoms with Crippen molar-refractivity contribution in [2.24, 2.45) is 0 Å². The maximum atomic E-state index is 2.27. The molecule has 1 heteroatoms. The van der Waals surface area contributed by atoms with Gasteiger partial charge in [0.25, 0.3) is 0 Å². The van der Waals surface area contributed by atoms with Crippen LogP contribution in [0.25, 0.3) is 0 Å². The van der Waals surface area contributed by atoms with Crippen molar-refractivity contribution < 1.29 is 18.6 Å². The number of unbranched alkanes of at least 4 members (excludes halogenated alkanes) is 1. The van der Waals surface area contributed by atoms with Crippen molar-refractivity contribution in [2.75, 3.05) is 0 Å². The van der Waals surface area contributed by atoms with Crippen molar-refractivity contribution in [2.45, 2.75) is 33.1 Å². The number of aryl methyl sites for hydroxylation is 2. The summed E-state index contributed by atoms with van der Waals surface area (Å²) in [4.78, 5) is 0. The molecule has 0 N–H and O–H groups in total. The fourth-order valence-electron chi connectivity index (χ4n) is 1.16. The molecule has 0 saturated carbocycles. The van der Waals surface area contributed by atoms with Gasteiger partial charge in [-0.25, -0.2) is 6.07 Å². The van der Waals surface area contributed by atoms with Crippen molar-refractivity contribution in [3.8, 4) is 0 Å². The zero-order valence-electron chi connectivity index (χ0n) is 7.30. The maximum Gasteiger partial charge on any atom is 0 e. The summed E-state index contributed by atoms with van der Waals surface area (Å²) in [5.74, 6) is 0. The predicted molar refractivity (Wildman–Crippen MR) is 45.4 cm³/mol. The molecule has 0 atom stereocenters. The van der Waals surface area contributed by atoms with E-state index >= 15 is 0 Å². The second kappa shape index (κ2) is 5.57. The average molecular weight is 186 g/mol. The van der Waals surface area contributed by atoms with Gasteiger partial charge in [0.15, 0.2) is 0 Å². The van der Waals surface area contributed by atoms with Crippen molar-refractivity contribution in [3.63, 3.8) is 0 Å². The zero-order chi connectivity index (χ0) is 7.40. The monoisotopic (exact) mass is 186 g/mol. The van der Waals surface area contributed by atoms with Crippen LogP contribution in [-0.4, -0.2) is 0 Å². The van der Waals surface area contributed by atoms with Crippen molar-refractivity contribution in [1.82, 2.24) is 0 Å². The van der Waals surface area contributed by atoms with Gasteiger partial charge in [-0.05, 0) is 0 Å². The molecule has 0 aliphatic heterocycles. The van der Waals surface area contributed by atoms with Crippen LogP contribution < -0.4 is 0 Å². The Morgan fingerprint density at radius 2 is 2.18 bits per heavy atom. The van der Waals surface area contributed by atoms with Gasteiger partial charge in [0.1, 0.15) is 0 Å². The van der Waals surface area contributed by atoms with Crippen LogP contribution in [0.3, 0.4) is 0 Å². The summed E-state index contributed by atoms with van der Waals surface area (Å²) in [5, 5.41) is 0. The first-order chi connectivity index (χ1) is 4.83. The Morgan fingerprint density at radius 1 is 1.45 bits per heavy atom. The van der Waals surface area contributed by atoms with Gasteiger partial charge in [-0.1, -0.05) is 33.1 Å². The molecular weight excluding hydrogens is 171 g/mol. The van der Waals surface area contributed by atoms with Gasteiger partial charge in [0.05, 0.1) is 0 Å². The van der Waals surface area contributed by atoms with Crippen LogP contribution >= 0.6 is 0 Å². The second-order valence-corrected chi connectivity index (χ2v) is 2.90. The third-order valence-electron chi connectivity index (χ3n) is 1.79. The second-order valence-electron chi connectivity index (χ2n) is 2.90. The average Bonchev–Trinajstić information content (AvgIpc) is 2.31. The van der Waals surface area contributed by atoms with Crippen LogP contribution in [0.5, 0.6) is 0 Å². The molecule has 1 rings (SSSR count). The van der Waals surface area contributed by atoms with Crippen LogP contribution in [0.15, 0.2) is 18.2 Å².